The highest BCUT2D eigenvalue weighted by atomic mass is 32.2. The van der Waals surface area contributed by atoms with Crippen molar-refractivity contribution in [2.24, 2.45) is 0 Å². The molecule has 0 aliphatic heterocycles. The molecule has 108 valence electrons. The third-order valence-electron chi connectivity index (χ3n) is 3.03. The summed E-state index contributed by atoms with van der Waals surface area (Å²) in [7, 11) is -0.219. The van der Waals surface area contributed by atoms with Crippen LogP contribution in [-0.4, -0.2) is 58.7 Å². The van der Waals surface area contributed by atoms with E-state index in [4.69, 9.17) is 4.74 Å². The second-order valence-electron chi connectivity index (χ2n) is 4.80. The van der Waals surface area contributed by atoms with Gasteiger partial charge in [-0.3, -0.25) is 0 Å². The van der Waals surface area contributed by atoms with Gasteiger partial charge < -0.3 is 10.1 Å². The van der Waals surface area contributed by atoms with Crippen LogP contribution < -0.4 is 10.0 Å². The molecular weight excluding hydrogens is 254 g/mol. The first-order valence-electron chi connectivity index (χ1n) is 6.43. The fourth-order valence-electron chi connectivity index (χ4n) is 1.43. The third kappa shape index (κ3) is 6.10. The standard InChI is InChI=1S/C11H25N3O3S/c1-10(17-3)9-13-18(15,16)14(2)8-4-7-12-11-5-6-11/h10-13H,4-9H2,1-3H3. The summed E-state index contributed by atoms with van der Waals surface area (Å²) in [6.45, 7) is 3.51. The summed E-state index contributed by atoms with van der Waals surface area (Å²) in [4.78, 5) is 0. The van der Waals surface area contributed by atoms with E-state index in [9.17, 15) is 8.42 Å². The van der Waals surface area contributed by atoms with Crippen molar-refractivity contribution in [3.8, 4) is 0 Å². The Morgan fingerprint density at radius 2 is 2.11 bits per heavy atom. The van der Waals surface area contributed by atoms with Crippen LogP contribution in [0.4, 0.5) is 0 Å². The van der Waals surface area contributed by atoms with E-state index >= 15 is 0 Å². The summed E-state index contributed by atoms with van der Waals surface area (Å²) >= 11 is 0. The molecule has 0 amide bonds. The highest BCUT2D eigenvalue weighted by Crippen LogP contribution is 2.18. The van der Waals surface area contributed by atoms with Gasteiger partial charge in [-0.2, -0.15) is 17.4 Å². The van der Waals surface area contributed by atoms with Gasteiger partial charge in [-0.25, -0.2) is 0 Å². The van der Waals surface area contributed by atoms with Gasteiger partial charge in [0.1, 0.15) is 0 Å². The summed E-state index contributed by atoms with van der Waals surface area (Å²) < 4.78 is 32.5. The van der Waals surface area contributed by atoms with Crippen LogP contribution in [-0.2, 0) is 14.9 Å². The molecule has 0 aromatic carbocycles. The maximum absolute atomic E-state index is 11.8. The lowest BCUT2D eigenvalue weighted by Gasteiger charge is -2.19. The highest BCUT2D eigenvalue weighted by molar-refractivity contribution is 7.87. The molecule has 1 fully saturated rings. The Morgan fingerprint density at radius 1 is 1.44 bits per heavy atom. The largest absolute Gasteiger partial charge is 0.380 e. The van der Waals surface area contributed by atoms with Gasteiger partial charge in [0.2, 0.25) is 0 Å². The number of hydrogen-bond acceptors (Lipinski definition) is 4. The van der Waals surface area contributed by atoms with Crippen molar-refractivity contribution in [1.82, 2.24) is 14.3 Å². The molecule has 0 spiro atoms. The molecule has 0 aromatic rings. The van der Waals surface area contributed by atoms with Crippen molar-refractivity contribution in [1.29, 1.82) is 0 Å². The minimum atomic E-state index is -3.37. The molecule has 1 aliphatic rings. The molecule has 7 heteroatoms. The predicted molar refractivity (Wildman–Crippen MR) is 71.7 cm³/mol. The molecule has 1 saturated carbocycles. The van der Waals surface area contributed by atoms with Crippen molar-refractivity contribution >= 4 is 10.2 Å². The van der Waals surface area contributed by atoms with E-state index in [1.165, 1.54) is 17.1 Å². The average Bonchev–Trinajstić information content (AvgIpc) is 3.15. The van der Waals surface area contributed by atoms with Crippen LogP contribution in [0.5, 0.6) is 0 Å². The maximum atomic E-state index is 11.8. The number of nitrogens with zero attached hydrogens (tertiary/aromatic N) is 1. The quantitative estimate of drug-likeness (QED) is 0.549. The monoisotopic (exact) mass is 279 g/mol. The van der Waals surface area contributed by atoms with Crippen LogP contribution >= 0.6 is 0 Å². The van der Waals surface area contributed by atoms with Crippen LogP contribution in [0.1, 0.15) is 26.2 Å². The zero-order valence-electron chi connectivity index (χ0n) is 11.5. The second kappa shape index (κ2) is 7.40. The molecule has 1 atom stereocenters. The normalized spacial score (nSPS) is 18.2. The van der Waals surface area contributed by atoms with Gasteiger partial charge >= 0.3 is 0 Å². The average molecular weight is 279 g/mol. The SMILES string of the molecule is COC(C)CNS(=O)(=O)N(C)CCCNC1CC1. The topological polar surface area (TPSA) is 70.7 Å². The van der Waals surface area contributed by atoms with Gasteiger partial charge in [0.25, 0.3) is 10.2 Å². The number of methoxy groups -OCH3 is 1. The highest BCUT2D eigenvalue weighted by Gasteiger charge is 2.21. The van der Waals surface area contributed by atoms with Crippen LogP contribution in [0, 0.1) is 0 Å². The lowest BCUT2D eigenvalue weighted by molar-refractivity contribution is 0.121. The van der Waals surface area contributed by atoms with E-state index in [0.29, 0.717) is 19.1 Å². The van der Waals surface area contributed by atoms with Gasteiger partial charge in [0, 0.05) is 33.3 Å². The third-order valence-corrected chi connectivity index (χ3v) is 4.56. The van der Waals surface area contributed by atoms with Gasteiger partial charge in [0.05, 0.1) is 6.10 Å². The molecule has 1 rings (SSSR count). The van der Waals surface area contributed by atoms with E-state index in [-0.39, 0.29) is 6.10 Å². The van der Waals surface area contributed by atoms with Crippen molar-refractivity contribution in [3.05, 3.63) is 0 Å². The molecule has 0 saturated heterocycles. The molecule has 0 aromatic heterocycles. The van der Waals surface area contributed by atoms with E-state index in [0.717, 1.165) is 13.0 Å². The van der Waals surface area contributed by atoms with E-state index in [1.807, 2.05) is 6.92 Å². The summed E-state index contributed by atoms with van der Waals surface area (Å²) in [5, 5.41) is 3.36. The van der Waals surface area contributed by atoms with Crippen LogP contribution in [0.25, 0.3) is 0 Å². The molecule has 0 radical (unpaired) electrons. The first-order valence-corrected chi connectivity index (χ1v) is 7.87. The van der Waals surface area contributed by atoms with E-state index in [2.05, 4.69) is 10.0 Å². The van der Waals surface area contributed by atoms with Gasteiger partial charge in [-0.15, -0.1) is 0 Å². The summed E-state index contributed by atoms with van der Waals surface area (Å²) in [5.41, 5.74) is 0. The maximum Gasteiger partial charge on any atom is 0.279 e. The zero-order chi connectivity index (χ0) is 13.6. The Labute approximate surface area is 110 Å². The van der Waals surface area contributed by atoms with Crippen molar-refractivity contribution in [2.75, 3.05) is 33.8 Å². The minimum Gasteiger partial charge on any atom is -0.380 e. The number of hydrogen-bond donors (Lipinski definition) is 2. The molecule has 1 unspecified atom stereocenters. The lowest BCUT2D eigenvalue weighted by Crippen LogP contribution is -2.42. The van der Waals surface area contributed by atoms with Crippen LogP contribution in [0.15, 0.2) is 0 Å². The van der Waals surface area contributed by atoms with Gasteiger partial charge in [0.15, 0.2) is 0 Å². The fraction of sp³-hybridized carbons (Fsp3) is 1.00. The number of nitrogens with one attached hydrogen (secondary N) is 2. The molecule has 1 aliphatic carbocycles. The van der Waals surface area contributed by atoms with E-state index < -0.39 is 10.2 Å². The Hall–Kier alpha value is -0.210. The first kappa shape index (κ1) is 15.8. The predicted octanol–water partition coefficient (Wildman–Crippen LogP) is -0.0704. The van der Waals surface area contributed by atoms with Gasteiger partial charge in [-0.05, 0) is 32.7 Å². The molecule has 0 heterocycles. The molecule has 18 heavy (non-hydrogen) atoms. The van der Waals surface area contributed by atoms with Gasteiger partial charge in [-0.1, -0.05) is 0 Å². The van der Waals surface area contributed by atoms with Crippen molar-refractivity contribution < 1.29 is 13.2 Å². The fourth-order valence-corrected chi connectivity index (χ4v) is 2.47. The zero-order valence-corrected chi connectivity index (χ0v) is 12.3. The summed E-state index contributed by atoms with van der Waals surface area (Å²) in [6.07, 6.45) is 3.22. The summed E-state index contributed by atoms with van der Waals surface area (Å²) in [6, 6.07) is 0.674. The Morgan fingerprint density at radius 3 is 2.67 bits per heavy atom. The van der Waals surface area contributed by atoms with Crippen molar-refractivity contribution in [3.63, 3.8) is 0 Å². The Balaban J connectivity index is 2.17. The second-order valence-corrected chi connectivity index (χ2v) is 6.67. The molecule has 0 bridgehead atoms. The minimum absolute atomic E-state index is 0.121. The molecule has 6 nitrogen and oxygen atoms in total. The molecule has 2 N–H and O–H groups in total. The van der Waals surface area contributed by atoms with Crippen LogP contribution in [0.3, 0.4) is 0 Å². The number of rotatable bonds is 10. The van der Waals surface area contributed by atoms with Crippen molar-refractivity contribution in [2.45, 2.75) is 38.3 Å². The number of ether oxygens (including phenoxy) is 1. The summed E-state index contributed by atoms with van der Waals surface area (Å²) in [5.74, 6) is 0. The lowest BCUT2D eigenvalue weighted by atomic mass is 10.4. The van der Waals surface area contributed by atoms with E-state index in [1.54, 1.807) is 14.2 Å². The first-order chi connectivity index (χ1) is 8.45. The Bertz CT molecular complexity index is 330. The smallest absolute Gasteiger partial charge is 0.279 e. The molecular formula is C11H25N3O3S. The van der Waals surface area contributed by atoms with Crippen LogP contribution in [0.2, 0.25) is 0 Å². The Kier molecular flexibility index (Phi) is 6.51.